The molecule has 144 valence electrons. The summed E-state index contributed by atoms with van der Waals surface area (Å²) in [6.07, 6.45) is 3.95. The number of methoxy groups -OCH3 is 1. The zero-order valence-corrected chi connectivity index (χ0v) is 15.9. The molecular formula is C18H23ClN6O2. The van der Waals surface area contributed by atoms with E-state index in [-0.39, 0.29) is 6.03 Å². The Morgan fingerprint density at radius 2 is 2.04 bits per heavy atom. The van der Waals surface area contributed by atoms with Crippen LogP contribution in [-0.2, 0) is 0 Å². The number of ether oxygens (including phenoxy) is 1. The smallest absolute Gasteiger partial charge is 0.319 e. The average Bonchev–Trinajstić information content (AvgIpc) is 3.21. The van der Waals surface area contributed by atoms with E-state index >= 15 is 0 Å². The van der Waals surface area contributed by atoms with E-state index in [1.54, 1.807) is 24.5 Å². The Balaban J connectivity index is 1.44. The molecule has 1 aromatic carbocycles. The highest BCUT2D eigenvalue weighted by atomic mass is 35.5. The van der Waals surface area contributed by atoms with Crippen molar-refractivity contribution in [3.05, 3.63) is 35.6 Å². The van der Waals surface area contributed by atoms with Crippen LogP contribution in [0.1, 0.15) is 12.8 Å². The van der Waals surface area contributed by atoms with E-state index in [9.17, 15) is 4.79 Å². The maximum Gasteiger partial charge on any atom is 0.319 e. The molecule has 1 aliphatic heterocycles. The fourth-order valence-electron chi connectivity index (χ4n) is 2.87. The lowest BCUT2D eigenvalue weighted by Gasteiger charge is -2.16. The molecule has 2 heterocycles. The van der Waals surface area contributed by atoms with Gasteiger partial charge in [-0.05, 0) is 31.0 Å². The number of carbonyl (C=O) groups is 1. The first-order chi connectivity index (χ1) is 13.2. The van der Waals surface area contributed by atoms with E-state index in [1.165, 1.54) is 20.0 Å². The van der Waals surface area contributed by atoms with Crippen molar-refractivity contribution in [1.82, 2.24) is 15.3 Å². The lowest BCUT2D eigenvalue weighted by Crippen LogP contribution is -2.32. The largest absolute Gasteiger partial charge is 0.495 e. The van der Waals surface area contributed by atoms with Gasteiger partial charge in [0.05, 0.1) is 12.8 Å². The molecule has 0 saturated carbocycles. The molecule has 1 aromatic heterocycles. The molecule has 1 aliphatic rings. The van der Waals surface area contributed by atoms with Crippen molar-refractivity contribution >= 4 is 35.0 Å². The third-order valence-corrected chi connectivity index (χ3v) is 4.44. The topological polar surface area (TPSA) is 91.4 Å². The molecule has 27 heavy (non-hydrogen) atoms. The molecule has 3 N–H and O–H groups in total. The van der Waals surface area contributed by atoms with Gasteiger partial charge in [0.1, 0.15) is 23.7 Å². The highest BCUT2D eigenvalue weighted by Crippen LogP contribution is 2.27. The maximum atomic E-state index is 12.1. The summed E-state index contributed by atoms with van der Waals surface area (Å²) in [5.74, 6) is 2.22. The minimum absolute atomic E-state index is 0.335. The first kappa shape index (κ1) is 19.0. The van der Waals surface area contributed by atoms with Crippen molar-refractivity contribution in [1.29, 1.82) is 0 Å². The molecule has 0 unspecified atom stereocenters. The summed E-state index contributed by atoms with van der Waals surface area (Å²) < 4.78 is 5.21. The number of nitrogens with zero attached hydrogens (tertiary/aromatic N) is 3. The summed E-state index contributed by atoms with van der Waals surface area (Å²) in [6.45, 7) is 3.03. The second kappa shape index (κ2) is 9.27. The number of anilines is 3. The Labute approximate surface area is 163 Å². The Kier molecular flexibility index (Phi) is 6.54. The quantitative estimate of drug-likeness (QED) is 0.629. The molecule has 0 spiro atoms. The van der Waals surface area contributed by atoms with Crippen molar-refractivity contribution < 1.29 is 9.53 Å². The summed E-state index contributed by atoms with van der Waals surface area (Å²) in [7, 11) is 1.54. The molecule has 9 heteroatoms. The number of benzene rings is 1. The molecule has 1 saturated heterocycles. The minimum Gasteiger partial charge on any atom is -0.495 e. The van der Waals surface area contributed by atoms with Gasteiger partial charge in [0, 0.05) is 37.3 Å². The van der Waals surface area contributed by atoms with Crippen LogP contribution in [0.2, 0.25) is 5.02 Å². The van der Waals surface area contributed by atoms with Gasteiger partial charge in [-0.2, -0.15) is 0 Å². The zero-order chi connectivity index (χ0) is 19.1. The van der Waals surface area contributed by atoms with Crippen LogP contribution in [-0.4, -0.2) is 49.3 Å². The van der Waals surface area contributed by atoms with Gasteiger partial charge in [0.2, 0.25) is 0 Å². The van der Waals surface area contributed by atoms with E-state index in [1.807, 2.05) is 6.07 Å². The number of hydrogen-bond acceptors (Lipinski definition) is 6. The van der Waals surface area contributed by atoms with Gasteiger partial charge in [-0.3, -0.25) is 0 Å². The number of rotatable bonds is 7. The Morgan fingerprint density at radius 3 is 2.81 bits per heavy atom. The zero-order valence-electron chi connectivity index (χ0n) is 15.2. The van der Waals surface area contributed by atoms with Gasteiger partial charge in [-0.1, -0.05) is 11.6 Å². The van der Waals surface area contributed by atoms with Crippen LogP contribution in [0.15, 0.2) is 30.6 Å². The Bertz CT molecular complexity index is 782. The predicted octanol–water partition coefficient (Wildman–Crippen LogP) is 2.97. The number of nitrogens with one attached hydrogen (secondary N) is 3. The third kappa shape index (κ3) is 5.37. The number of hydrogen-bond donors (Lipinski definition) is 3. The van der Waals surface area contributed by atoms with Crippen LogP contribution in [0.4, 0.5) is 22.1 Å². The second-order valence-electron chi connectivity index (χ2n) is 6.11. The summed E-state index contributed by atoms with van der Waals surface area (Å²) in [5.41, 5.74) is 0.515. The summed E-state index contributed by atoms with van der Waals surface area (Å²) in [5, 5.41) is 9.22. The van der Waals surface area contributed by atoms with Crippen molar-refractivity contribution in [3.63, 3.8) is 0 Å². The van der Waals surface area contributed by atoms with E-state index < -0.39 is 0 Å². The van der Waals surface area contributed by atoms with E-state index in [0.29, 0.717) is 29.5 Å². The predicted molar refractivity (Wildman–Crippen MR) is 107 cm³/mol. The summed E-state index contributed by atoms with van der Waals surface area (Å²) in [6, 6.07) is 6.64. The van der Waals surface area contributed by atoms with Crippen molar-refractivity contribution in [3.8, 4) is 5.75 Å². The van der Waals surface area contributed by atoms with E-state index in [0.717, 1.165) is 24.7 Å². The summed E-state index contributed by atoms with van der Waals surface area (Å²) in [4.78, 5) is 22.8. The van der Waals surface area contributed by atoms with Crippen LogP contribution in [0.25, 0.3) is 0 Å². The molecule has 3 rings (SSSR count). The summed E-state index contributed by atoms with van der Waals surface area (Å²) >= 11 is 5.96. The standard InChI is InChI=1S/C18H23ClN6O2/c1-27-15-5-4-13(19)10-14(15)24-18(26)21-7-6-20-16-11-17(23-12-22-16)25-8-2-3-9-25/h4-5,10-12H,2-3,6-9H2,1H3,(H,20,22,23)(H2,21,24,26). The number of carbonyl (C=O) groups excluding carboxylic acids is 1. The molecule has 2 aromatic rings. The highest BCUT2D eigenvalue weighted by Gasteiger charge is 2.14. The molecule has 0 atom stereocenters. The average molecular weight is 391 g/mol. The maximum absolute atomic E-state index is 12.1. The van der Waals surface area contributed by atoms with Gasteiger partial charge in [0.15, 0.2) is 0 Å². The van der Waals surface area contributed by atoms with Gasteiger partial charge < -0.3 is 25.6 Å². The third-order valence-electron chi connectivity index (χ3n) is 4.21. The normalized spacial score (nSPS) is 13.3. The molecule has 0 radical (unpaired) electrons. The van der Waals surface area contributed by atoms with Crippen LogP contribution < -0.4 is 25.6 Å². The lowest BCUT2D eigenvalue weighted by atomic mass is 10.3. The minimum atomic E-state index is -0.335. The number of urea groups is 1. The number of aromatic nitrogens is 2. The first-order valence-corrected chi connectivity index (χ1v) is 9.23. The Hall–Kier alpha value is -2.74. The molecule has 8 nitrogen and oxygen atoms in total. The monoisotopic (exact) mass is 390 g/mol. The van der Waals surface area contributed by atoms with Gasteiger partial charge in [0.25, 0.3) is 0 Å². The molecule has 2 amide bonds. The SMILES string of the molecule is COc1ccc(Cl)cc1NC(=O)NCCNc1cc(N2CCCC2)ncn1. The highest BCUT2D eigenvalue weighted by molar-refractivity contribution is 6.31. The van der Waals surface area contributed by atoms with E-state index in [2.05, 4.69) is 30.8 Å². The van der Waals surface area contributed by atoms with Crippen molar-refractivity contribution in [2.24, 2.45) is 0 Å². The number of halogens is 1. The van der Waals surface area contributed by atoms with Crippen LogP contribution in [0.3, 0.4) is 0 Å². The molecule has 0 bridgehead atoms. The fourth-order valence-corrected chi connectivity index (χ4v) is 3.05. The number of amides is 2. The molecule has 0 aliphatic carbocycles. The second-order valence-corrected chi connectivity index (χ2v) is 6.54. The van der Waals surface area contributed by atoms with Crippen LogP contribution in [0.5, 0.6) is 5.75 Å². The van der Waals surface area contributed by atoms with Crippen molar-refractivity contribution in [2.45, 2.75) is 12.8 Å². The van der Waals surface area contributed by atoms with Gasteiger partial charge >= 0.3 is 6.03 Å². The van der Waals surface area contributed by atoms with Crippen LogP contribution >= 0.6 is 11.6 Å². The van der Waals surface area contributed by atoms with Crippen LogP contribution in [0, 0.1) is 0 Å². The molecular weight excluding hydrogens is 368 g/mol. The first-order valence-electron chi connectivity index (χ1n) is 8.85. The fraction of sp³-hybridized carbons (Fsp3) is 0.389. The molecule has 1 fully saturated rings. The lowest BCUT2D eigenvalue weighted by molar-refractivity contribution is 0.252. The van der Waals surface area contributed by atoms with E-state index in [4.69, 9.17) is 16.3 Å². The Morgan fingerprint density at radius 1 is 1.22 bits per heavy atom. The van der Waals surface area contributed by atoms with Gasteiger partial charge in [-0.15, -0.1) is 0 Å². The van der Waals surface area contributed by atoms with Gasteiger partial charge in [-0.25, -0.2) is 14.8 Å². The van der Waals surface area contributed by atoms with Crippen molar-refractivity contribution in [2.75, 3.05) is 48.8 Å².